The lowest BCUT2D eigenvalue weighted by atomic mass is 9.83. The van der Waals surface area contributed by atoms with Gasteiger partial charge in [0.2, 0.25) is 5.91 Å². The lowest BCUT2D eigenvalue weighted by molar-refractivity contribution is -0.119. The van der Waals surface area contributed by atoms with E-state index >= 15 is 0 Å². The van der Waals surface area contributed by atoms with Gasteiger partial charge in [-0.05, 0) is 64.7 Å². The molecule has 1 aliphatic rings. The Morgan fingerprint density at radius 2 is 1.88 bits per heavy atom. The molecule has 1 saturated carbocycles. The van der Waals surface area contributed by atoms with Gasteiger partial charge in [0.1, 0.15) is 17.6 Å². The molecule has 0 spiro atoms. The highest BCUT2D eigenvalue weighted by atomic mass is 16.2. The molecule has 0 bridgehead atoms. The molecule has 1 aliphatic carbocycles. The Morgan fingerprint density at radius 3 is 2.50 bits per heavy atom. The van der Waals surface area contributed by atoms with Crippen molar-refractivity contribution in [1.82, 2.24) is 30.3 Å². The summed E-state index contributed by atoms with van der Waals surface area (Å²) < 4.78 is 1.67. The van der Waals surface area contributed by atoms with Crippen LogP contribution in [-0.2, 0) is 4.79 Å². The van der Waals surface area contributed by atoms with E-state index in [0.29, 0.717) is 11.5 Å². The summed E-state index contributed by atoms with van der Waals surface area (Å²) in [7, 11) is 0. The van der Waals surface area contributed by atoms with E-state index in [4.69, 9.17) is 0 Å². The van der Waals surface area contributed by atoms with Crippen LogP contribution >= 0.6 is 0 Å². The molecule has 9 nitrogen and oxygen atoms in total. The molecule has 9 heteroatoms. The molecule has 34 heavy (non-hydrogen) atoms. The molecule has 3 N–H and O–H groups in total. The molecule has 4 rings (SSSR count). The van der Waals surface area contributed by atoms with Gasteiger partial charge in [0, 0.05) is 35.3 Å². The number of nitrogens with one attached hydrogen (secondary N) is 3. The SMILES string of the molecule is Cc1n[nH]c(C)c1-c1ccc(NC(=O)C(NC(=O)c2ccnn2C(C)C)C2CCCCC2)nc1. The Labute approximate surface area is 199 Å². The third kappa shape index (κ3) is 5.03. The molecule has 3 aromatic heterocycles. The number of anilines is 1. The van der Waals surface area contributed by atoms with Gasteiger partial charge in [-0.25, -0.2) is 4.98 Å². The fourth-order valence-electron chi connectivity index (χ4n) is 4.78. The van der Waals surface area contributed by atoms with Crippen molar-refractivity contribution in [2.45, 2.75) is 71.9 Å². The van der Waals surface area contributed by atoms with Gasteiger partial charge in [-0.3, -0.25) is 19.4 Å². The largest absolute Gasteiger partial charge is 0.339 e. The first-order valence-corrected chi connectivity index (χ1v) is 12.0. The van der Waals surface area contributed by atoms with Gasteiger partial charge in [-0.15, -0.1) is 0 Å². The van der Waals surface area contributed by atoms with Crippen LogP contribution in [0, 0.1) is 19.8 Å². The molecule has 1 unspecified atom stereocenters. The highest BCUT2D eigenvalue weighted by molar-refractivity contribution is 6.00. The molecular weight excluding hydrogens is 430 g/mol. The number of pyridine rings is 1. The maximum absolute atomic E-state index is 13.4. The fraction of sp³-hybridized carbons (Fsp3) is 0.480. The maximum Gasteiger partial charge on any atom is 0.270 e. The smallest absolute Gasteiger partial charge is 0.270 e. The zero-order chi connectivity index (χ0) is 24.2. The van der Waals surface area contributed by atoms with Gasteiger partial charge in [0.25, 0.3) is 5.91 Å². The van der Waals surface area contributed by atoms with Gasteiger partial charge >= 0.3 is 0 Å². The molecule has 0 saturated heterocycles. The number of H-pyrrole nitrogens is 1. The molecule has 2 amide bonds. The van der Waals surface area contributed by atoms with Gasteiger partial charge in [-0.2, -0.15) is 10.2 Å². The van der Waals surface area contributed by atoms with Crippen LogP contribution < -0.4 is 10.6 Å². The molecule has 0 radical (unpaired) electrons. The van der Waals surface area contributed by atoms with E-state index < -0.39 is 6.04 Å². The zero-order valence-electron chi connectivity index (χ0n) is 20.3. The molecule has 3 aromatic rings. The topological polar surface area (TPSA) is 118 Å². The number of aryl methyl sites for hydroxylation is 2. The number of hydrogen-bond acceptors (Lipinski definition) is 5. The van der Waals surface area contributed by atoms with E-state index in [-0.39, 0.29) is 23.8 Å². The number of aromatic amines is 1. The van der Waals surface area contributed by atoms with Crippen molar-refractivity contribution < 1.29 is 9.59 Å². The first-order valence-electron chi connectivity index (χ1n) is 12.0. The number of aromatic nitrogens is 5. The van der Waals surface area contributed by atoms with Gasteiger partial charge < -0.3 is 10.6 Å². The van der Waals surface area contributed by atoms with Crippen LogP contribution in [0.25, 0.3) is 11.1 Å². The molecular formula is C25H33N7O2. The van der Waals surface area contributed by atoms with Crippen LogP contribution in [0.2, 0.25) is 0 Å². The molecule has 1 fully saturated rings. The fourth-order valence-corrected chi connectivity index (χ4v) is 4.78. The standard InChI is InChI=1S/C25H33N7O2/c1-15(2)32-20(12-13-27-32)24(33)29-23(18-8-6-5-7-9-18)25(34)28-21-11-10-19(14-26-21)22-16(3)30-31-17(22)4/h10-15,18,23H,5-9H2,1-4H3,(H,29,33)(H,30,31)(H,26,28,34). The minimum absolute atomic E-state index is 0.0444. The molecule has 1 atom stereocenters. The lowest BCUT2D eigenvalue weighted by Gasteiger charge is -2.30. The molecule has 0 aliphatic heterocycles. The van der Waals surface area contributed by atoms with E-state index in [9.17, 15) is 9.59 Å². The quantitative estimate of drug-likeness (QED) is 0.486. The van der Waals surface area contributed by atoms with E-state index in [2.05, 4.69) is 30.9 Å². The van der Waals surface area contributed by atoms with Crippen LogP contribution in [0.1, 0.15) is 73.9 Å². The van der Waals surface area contributed by atoms with Crippen LogP contribution in [-0.4, -0.2) is 42.8 Å². The summed E-state index contributed by atoms with van der Waals surface area (Å²) in [5.74, 6) is 0.0105. The van der Waals surface area contributed by atoms with E-state index in [1.807, 2.05) is 33.8 Å². The first kappa shape index (κ1) is 23.7. The minimum atomic E-state index is -0.636. The van der Waals surface area contributed by atoms with Crippen LogP contribution in [0.15, 0.2) is 30.6 Å². The van der Waals surface area contributed by atoms with E-state index in [1.54, 1.807) is 29.2 Å². The van der Waals surface area contributed by atoms with Crippen LogP contribution in [0.4, 0.5) is 5.82 Å². The number of rotatable bonds is 7. The van der Waals surface area contributed by atoms with Crippen molar-refractivity contribution in [3.63, 3.8) is 0 Å². The van der Waals surface area contributed by atoms with Crippen molar-refractivity contribution in [3.05, 3.63) is 47.7 Å². The van der Waals surface area contributed by atoms with Crippen molar-refractivity contribution in [1.29, 1.82) is 0 Å². The normalized spacial score (nSPS) is 15.3. The summed E-state index contributed by atoms with van der Waals surface area (Å²) >= 11 is 0. The second-order valence-corrected chi connectivity index (χ2v) is 9.33. The van der Waals surface area contributed by atoms with Crippen LogP contribution in [0.3, 0.4) is 0 Å². The Balaban J connectivity index is 1.51. The molecule has 180 valence electrons. The maximum atomic E-state index is 13.4. The summed E-state index contributed by atoms with van der Waals surface area (Å²) in [4.78, 5) is 30.9. The van der Waals surface area contributed by atoms with Crippen molar-refractivity contribution in [2.24, 2.45) is 5.92 Å². The second-order valence-electron chi connectivity index (χ2n) is 9.33. The van der Waals surface area contributed by atoms with E-state index in [1.165, 1.54) is 0 Å². The minimum Gasteiger partial charge on any atom is -0.339 e. The number of carbonyl (C=O) groups is 2. The zero-order valence-corrected chi connectivity index (χ0v) is 20.3. The van der Waals surface area contributed by atoms with Gasteiger partial charge in [-0.1, -0.05) is 19.3 Å². The predicted molar refractivity (Wildman–Crippen MR) is 130 cm³/mol. The summed E-state index contributed by atoms with van der Waals surface area (Å²) in [5, 5.41) is 17.4. The Morgan fingerprint density at radius 1 is 1.12 bits per heavy atom. The van der Waals surface area contributed by atoms with Crippen molar-refractivity contribution in [2.75, 3.05) is 5.32 Å². The first-order chi connectivity index (χ1) is 16.3. The third-order valence-electron chi connectivity index (χ3n) is 6.51. The Bertz CT molecular complexity index is 1120. The Hall–Kier alpha value is -3.49. The number of nitrogens with zero attached hydrogens (tertiary/aromatic N) is 4. The lowest BCUT2D eigenvalue weighted by Crippen LogP contribution is -2.49. The summed E-state index contributed by atoms with van der Waals surface area (Å²) in [6, 6.07) is 4.80. The highest BCUT2D eigenvalue weighted by Gasteiger charge is 2.32. The second kappa shape index (κ2) is 10.2. The summed E-state index contributed by atoms with van der Waals surface area (Å²) in [5.41, 5.74) is 4.27. The average Bonchev–Trinajstić information content (AvgIpc) is 3.45. The number of amides is 2. The molecule has 0 aromatic carbocycles. The summed E-state index contributed by atoms with van der Waals surface area (Å²) in [6.07, 6.45) is 8.44. The monoisotopic (exact) mass is 463 g/mol. The average molecular weight is 464 g/mol. The van der Waals surface area contributed by atoms with Crippen molar-refractivity contribution in [3.8, 4) is 11.1 Å². The third-order valence-corrected chi connectivity index (χ3v) is 6.51. The Kier molecular flexibility index (Phi) is 7.09. The molecule has 3 heterocycles. The van der Waals surface area contributed by atoms with E-state index in [0.717, 1.165) is 54.6 Å². The van der Waals surface area contributed by atoms with Gasteiger partial charge in [0.15, 0.2) is 0 Å². The highest BCUT2D eigenvalue weighted by Crippen LogP contribution is 2.28. The summed E-state index contributed by atoms with van der Waals surface area (Å²) in [6.45, 7) is 7.85. The van der Waals surface area contributed by atoms with Gasteiger partial charge in [0.05, 0.1) is 5.69 Å². The predicted octanol–water partition coefficient (Wildman–Crippen LogP) is 4.18. The number of hydrogen-bond donors (Lipinski definition) is 3. The number of carbonyl (C=O) groups excluding carboxylic acids is 2. The van der Waals surface area contributed by atoms with Crippen LogP contribution in [0.5, 0.6) is 0 Å². The van der Waals surface area contributed by atoms with Crippen molar-refractivity contribution >= 4 is 17.6 Å².